The Balaban J connectivity index is 1.68. The van der Waals surface area contributed by atoms with Crippen LogP contribution in [0.25, 0.3) is 0 Å². The highest BCUT2D eigenvalue weighted by Crippen LogP contribution is 2.35. The summed E-state index contributed by atoms with van der Waals surface area (Å²) >= 11 is 0. The molecule has 5 nitrogen and oxygen atoms in total. The highest BCUT2D eigenvalue weighted by atomic mass is 16.5. The van der Waals surface area contributed by atoms with Gasteiger partial charge in [0.2, 0.25) is 0 Å². The standard InChI is InChI=1S/C14H20N2O3/c1-11-10-12(15-19-11)13(17)16-7-2-4-14(6-8-16)5-3-9-18-14/h10H,2-9H2,1H3/t14-/m1/s1. The molecule has 3 rings (SSSR count). The molecule has 5 heteroatoms. The van der Waals surface area contributed by atoms with E-state index in [2.05, 4.69) is 5.16 Å². The number of carbonyl (C=O) groups is 1. The molecule has 0 N–H and O–H groups in total. The number of nitrogens with zero attached hydrogens (tertiary/aromatic N) is 2. The van der Waals surface area contributed by atoms with Crippen molar-refractivity contribution in [3.63, 3.8) is 0 Å². The molecule has 0 bridgehead atoms. The highest BCUT2D eigenvalue weighted by Gasteiger charge is 2.37. The number of hydrogen-bond acceptors (Lipinski definition) is 4. The second-order valence-electron chi connectivity index (χ2n) is 5.60. The van der Waals surface area contributed by atoms with Crippen molar-refractivity contribution in [1.82, 2.24) is 10.1 Å². The normalized spacial score (nSPS) is 27.7. The molecule has 19 heavy (non-hydrogen) atoms. The molecule has 1 aromatic heterocycles. The van der Waals surface area contributed by atoms with E-state index in [0.717, 1.165) is 51.8 Å². The van der Waals surface area contributed by atoms with E-state index in [0.29, 0.717) is 11.5 Å². The van der Waals surface area contributed by atoms with Gasteiger partial charge in [0.05, 0.1) is 5.60 Å². The van der Waals surface area contributed by atoms with E-state index in [4.69, 9.17) is 9.26 Å². The first-order valence-corrected chi connectivity index (χ1v) is 7.05. The Labute approximate surface area is 112 Å². The molecule has 1 spiro atoms. The summed E-state index contributed by atoms with van der Waals surface area (Å²) in [5.41, 5.74) is 0.454. The monoisotopic (exact) mass is 264 g/mol. The number of amides is 1. The molecule has 2 aliphatic heterocycles. The van der Waals surface area contributed by atoms with Gasteiger partial charge >= 0.3 is 0 Å². The van der Waals surface area contributed by atoms with E-state index in [-0.39, 0.29) is 11.5 Å². The molecule has 1 atom stereocenters. The fraction of sp³-hybridized carbons (Fsp3) is 0.714. The van der Waals surface area contributed by atoms with Crippen LogP contribution in [0, 0.1) is 6.92 Å². The fourth-order valence-corrected chi connectivity index (χ4v) is 3.15. The average molecular weight is 264 g/mol. The van der Waals surface area contributed by atoms with Gasteiger partial charge in [-0.1, -0.05) is 5.16 Å². The SMILES string of the molecule is Cc1cc(C(=O)N2CCC[C@@]3(CCCO3)CC2)no1. The lowest BCUT2D eigenvalue weighted by Crippen LogP contribution is -2.34. The molecule has 3 heterocycles. The largest absolute Gasteiger partial charge is 0.375 e. The van der Waals surface area contributed by atoms with Gasteiger partial charge in [0.1, 0.15) is 5.76 Å². The predicted octanol–water partition coefficient (Wildman–Crippen LogP) is 2.16. The Morgan fingerprint density at radius 3 is 2.84 bits per heavy atom. The Hall–Kier alpha value is -1.36. The Bertz CT molecular complexity index is 463. The first kappa shape index (κ1) is 12.7. The maximum Gasteiger partial charge on any atom is 0.276 e. The molecule has 0 aliphatic carbocycles. The summed E-state index contributed by atoms with van der Waals surface area (Å²) in [4.78, 5) is 14.2. The summed E-state index contributed by atoms with van der Waals surface area (Å²) in [6, 6.07) is 1.70. The molecule has 2 aliphatic rings. The van der Waals surface area contributed by atoms with Crippen LogP contribution in [0.5, 0.6) is 0 Å². The lowest BCUT2D eigenvalue weighted by molar-refractivity contribution is -0.00693. The number of carbonyl (C=O) groups excluding carboxylic acids is 1. The zero-order valence-corrected chi connectivity index (χ0v) is 11.4. The van der Waals surface area contributed by atoms with E-state index in [1.807, 2.05) is 4.90 Å². The number of hydrogen-bond donors (Lipinski definition) is 0. The molecule has 2 saturated heterocycles. The molecule has 104 valence electrons. The van der Waals surface area contributed by atoms with Gasteiger partial charge in [-0.2, -0.15) is 0 Å². The predicted molar refractivity (Wildman–Crippen MR) is 68.9 cm³/mol. The van der Waals surface area contributed by atoms with Crippen molar-refractivity contribution in [1.29, 1.82) is 0 Å². The van der Waals surface area contributed by atoms with Gasteiger partial charge in [0.25, 0.3) is 5.91 Å². The zero-order valence-electron chi connectivity index (χ0n) is 11.4. The second kappa shape index (κ2) is 4.96. The first-order chi connectivity index (χ1) is 9.19. The van der Waals surface area contributed by atoms with E-state index >= 15 is 0 Å². The third-order valence-electron chi connectivity index (χ3n) is 4.22. The number of aromatic nitrogens is 1. The molecule has 0 saturated carbocycles. The van der Waals surface area contributed by atoms with Crippen LogP contribution in [0.1, 0.15) is 48.4 Å². The van der Waals surface area contributed by atoms with Gasteiger partial charge in [-0.25, -0.2) is 0 Å². The number of aryl methyl sites for hydroxylation is 1. The Morgan fingerprint density at radius 1 is 1.32 bits per heavy atom. The number of rotatable bonds is 1. The summed E-state index contributed by atoms with van der Waals surface area (Å²) in [5, 5.41) is 3.81. The van der Waals surface area contributed by atoms with Crippen LogP contribution in [0.3, 0.4) is 0 Å². The van der Waals surface area contributed by atoms with Crippen molar-refractivity contribution in [3.05, 3.63) is 17.5 Å². The third-order valence-corrected chi connectivity index (χ3v) is 4.22. The zero-order chi connectivity index (χ0) is 13.3. The van der Waals surface area contributed by atoms with Crippen molar-refractivity contribution >= 4 is 5.91 Å². The second-order valence-corrected chi connectivity index (χ2v) is 5.60. The molecule has 1 amide bonds. The maximum absolute atomic E-state index is 12.3. The van der Waals surface area contributed by atoms with Gasteiger partial charge in [0.15, 0.2) is 5.69 Å². The Kier molecular flexibility index (Phi) is 3.31. The van der Waals surface area contributed by atoms with Gasteiger partial charge in [-0.15, -0.1) is 0 Å². The lowest BCUT2D eigenvalue weighted by Gasteiger charge is -2.26. The van der Waals surface area contributed by atoms with Gasteiger partial charge < -0.3 is 14.2 Å². The van der Waals surface area contributed by atoms with E-state index in [9.17, 15) is 4.79 Å². The van der Waals surface area contributed by atoms with Crippen LogP contribution in [0.15, 0.2) is 10.6 Å². The minimum absolute atomic E-state index is 0.0214. The molecule has 2 fully saturated rings. The van der Waals surface area contributed by atoms with Crippen LogP contribution in [0.4, 0.5) is 0 Å². The summed E-state index contributed by atoms with van der Waals surface area (Å²) in [6.45, 7) is 4.21. The van der Waals surface area contributed by atoms with E-state index in [1.165, 1.54) is 0 Å². The minimum atomic E-state index is -0.0214. The Morgan fingerprint density at radius 2 is 2.16 bits per heavy atom. The lowest BCUT2D eigenvalue weighted by atomic mass is 9.92. The van der Waals surface area contributed by atoms with Gasteiger partial charge in [-0.05, 0) is 39.0 Å². The van der Waals surface area contributed by atoms with Crippen LogP contribution in [-0.4, -0.2) is 41.3 Å². The van der Waals surface area contributed by atoms with Crippen LogP contribution >= 0.6 is 0 Å². The summed E-state index contributed by atoms with van der Waals surface area (Å²) in [7, 11) is 0. The molecule has 0 radical (unpaired) electrons. The van der Waals surface area contributed by atoms with E-state index in [1.54, 1.807) is 13.0 Å². The quantitative estimate of drug-likeness (QED) is 0.780. The van der Waals surface area contributed by atoms with Crippen molar-refractivity contribution in [2.45, 2.75) is 44.6 Å². The fourth-order valence-electron chi connectivity index (χ4n) is 3.15. The first-order valence-electron chi connectivity index (χ1n) is 7.05. The minimum Gasteiger partial charge on any atom is -0.375 e. The van der Waals surface area contributed by atoms with Crippen molar-refractivity contribution in [3.8, 4) is 0 Å². The number of likely N-dealkylation sites (tertiary alicyclic amines) is 1. The van der Waals surface area contributed by atoms with Gasteiger partial charge in [0, 0.05) is 25.8 Å². The van der Waals surface area contributed by atoms with Crippen LogP contribution in [-0.2, 0) is 4.74 Å². The van der Waals surface area contributed by atoms with Crippen molar-refractivity contribution in [2.75, 3.05) is 19.7 Å². The molecule has 1 aromatic rings. The van der Waals surface area contributed by atoms with Crippen molar-refractivity contribution in [2.24, 2.45) is 0 Å². The summed E-state index contributed by atoms with van der Waals surface area (Å²) in [5.74, 6) is 0.653. The average Bonchev–Trinajstić information content (AvgIpc) is 2.96. The topological polar surface area (TPSA) is 55.6 Å². The van der Waals surface area contributed by atoms with Crippen LogP contribution < -0.4 is 0 Å². The van der Waals surface area contributed by atoms with Crippen molar-refractivity contribution < 1.29 is 14.1 Å². The number of ether oxygens (including phenoxy) is 1. The highest BCUT2D eigenvalue weighted by molar-refractivity contribution is 5.92. The molecule has 0 aromatic carbocycles. The smallest absolute Gasteiger partial charge is 0.276 e. The molecular weight excluding hydrogens is 244 g/mol. The molecule has 0 unspecified atom stereocenters. The summed E-state index contributed by atoms with van der Waals surface area (Å²) in [6.07, 6.45) is 5.29. The van der Waals surface area contributed by atoms with Gasteiger partial charge in [-0.3, -0.25) is 4.79 Å². The third kappa shape index (κ3) is 2.52. The maximum atomic E-state index is 12.3. The van der Waals surface area contributed by atoms with Crippen LogP contribution in [0.2, 0.25) is 0 Å². The summed E-state index contributed by atoms with van der Waals surface area (Å²) < 4.78 is 10.9. The molecular formula is C14H20N2O3. The van der Waals surface area contributed by atoms with E-state index < -0.39 is 0 Å².